The normalized spacial score (nSPS) is 19.5. The Hall–Kier alpha value is -3.84. The van der Waals surface area contributed by atoms with Crippen molar-refractivity contribution in [3.05, 3.63) is 89.8 Å². The van der Waals surface area contributed by atoms with E-state index >= 15 is 0 Å². The summed E-state index contributed by atoms with van der Waals surface area (Å²) in [6.45, 7) is -0.130. The maximum Gasteiger partial charge on any atom is 0.256 e. The molecule has 10 nitrogen and oxygen atoms in total. The third kappa shape index (κ3) is 5.30. The van der Waals surface area contributed by atoms with Gasteiger partial charge in [0.1, 0.15) is 4.75 Å². The SMILES string of the molecule is O=C(CC1(c2ccc(-c3ccc(-c4cnco4)cc3)s2)CCN(C(=O)[C@@H](O)c2ccccc2)CCS1(=O)=O)NO. The number of nitrogens with one attached hydrogen (secondary N) is 1. The summed E-state index contributed by atoms with van der Waals surface area (Å²) in [6, 6.07) is 19.4. The number of thiophene rings is 1. The van der Waals surface area contributed by atoms with Crippen LogP contribution >= 0.6 is 11.3 Å². The third-order valence-electron chi connectivity index (χ3n) is 7.18. The first-order chi connectivity index (χ1) is 19.2. The van der Waals surface area contributed by atoms with Crippen LogP contribution in [0.5, 0.6) is 0 Å². The van der Waals surface area contributed by atoms with Crippen molar-refractivity contribution in [1.29, 1.82) is 0 Å². The second-order valence-corrected chi connectivity index (χ2v) is 13.0. The predicted molar refractivity (Wildman–Crippen MR) is 148 cm³/mol. The van der Waals surface area contributed by atoms with Crippen LogP contribution in [0.2, 0.25) is 0 Å². The first kappa shape index (κ1) is 27.7. The highest BCUT2D eigenvalue weighted by molar-refractivity contribution is 7.92. The van der Waals surface area contributed by atoms with E-state index in [1.54, 1.807) is 54.1 Å². The van der Waals surface area contributed by atoms with E-state index in [0.717, 1.165) is 16.0 Å². The zero-order valence-electron chi connectivity index (χ0n) is 21.3. The number of sulfone groups is 1. The van der Waals surface area contributed by atoms with Crippen LogP contribution in [0.15, 0.2) is 83.7 Å². The molecule has 2 aromatic carbocycles. The lowest BCUT2D eigenvalue weighted by Crippen LogP contribution is -2.41. The number of carbonyl (C=O) groups excluding carboxylic acids is 2. The van der Waals surface area contributed by atoms with Crippen LogP contribution < -0.4 is 5.48 Å². The number of amides is 2. The number of rotatable bonds is 7. The second kappa shape index (κ2) is 11.3. The highest BCUT2D eigenvalue weighted by Gasteiger charge is 2.50. The maximum atomic E-state index is 13.8. The molecule has 3 N–H and O–H groups in total. The van der Waals surface area contributed by atoms with Gasteiger partial charge in [0, 0.05) is 28.4 Å². The van der Waals surface area contributed by atoms with Crippen molar-refractivity contribution >= 4 is 33.0 Å². The molecule has 0 saturated carbocycles. The van der Waals surface area contributed by atoms with Gasteiger partial charge in [0.2, 0.25) is 5.91 Å². The fourth-order valence-corrected chi connectivity index (χ4v) is 8.54. The number of carbonyl (C=O) groups is 2. The van der Waals surface area contributed by atoms with Crippen molar-refractivity contribution < 1.29 is 32.7 Å². The Balaban J connectivity index is 1.46. The van der Waals surface area contributed by atoms with Crippen LogP contribution in [0.3, 0.4) is 0 Å². The minimum Gasteiger partial charge on any atom is -0.444 e. The number of hydrogen-bond acceptors (Lipinski definition) is 9. The zero-order valence-corrected chi connectivity index (χ0v) is 22.9. The Labute approximate surface area is 234 Å². The number of hydrogen-bond donors (Lipinski definition) is 3. The Morgan fingerprint density at radius 1 is 1.05 bits per heavy atom. The fraction of sp³-hybridized carbons (Fsp3) is 0.250. The monoisotopic (exact) mass is 581 g/mol. The lowest BCUT2D eigenvalue weighted by atomic mass is 9.97. The first-order valence-electron chi connectivity index (χ1n) is 12.5. The molecule has 1 saturated heterocycles. The van der Waals surface area contributed by atoms with E-state index < -0.39 is 44.7 Å². The summed E-state index contributed by atoms with van der Waals surface area (Å²) in [5.74, 6) is -1.24. The number of oxazole rings is 1. The molecule has 208 valence electrons. The smallest absolute Gasteiger partial charge is 0.256 e. The molecule has 1 aliphatic rings. The van der Waals surface area contributed by atoms with Gasteiger partial charge >= 0.3 is 0 Å². The molecule has 0 bridgehead atoms. The number of nitrogens with zero attached hydrogens (tertiary/aromatic N) is 2. The summed E-state index contributed by atoms with van der Waals surface area (Å²) in [7, 11) is -4.00. The summed E-state index contributed by atoms with van der Waals surface area (Å²) >= 11 is 1.24. The molecule has 2 amide bonds. The number of aliphatic hydroxyl groups is 1. The van der Waals surface area contributed by atoms with Gasteiger partial charge < -0.3 is 14.4 Å². The molecule has 12 heteroatoms. The molecule has 0 spiro atoms. The van der Waals surface area contributed by atoms with Crippen molar-refractivity contribution in [2.75, 3.05) is 18.8 Å². The van der Waals surface area contributed by atoms with E-state index in [-0.39, 0.29) is 19.5 Å². The first-order valence-corrected chi connectivity index (χ1v) is 15.0. The topological polar surface area (TPSA) is 150 Å². The molecule has 1 aliphatic heterocycles. The van der Waals surface area contributed by atoms with E-state index in [0.29, 0.717) is 16.2 Å². The van der Waals surface area contributed by atoms with Gasteiger partial charge in [0.05, 0.1) is 18.4 Å². The summed E-state index contributed by atoms with van der Waals surface area (Å²) in [5, 5.41) is 20.0. The quantitative estimate of drug-likeness (QED) is 0.222. The molecule has 0 aliphatic carbocycles. The maximum absolute atomic E-state index is 13.8. The molecule has 2 aromatic heterocycles. The minimum absolute atomic E-state index is 0.000220. The highest BCUT2D eigenvalue weighted by atomic mass is 32.2. The Bertz CT molecular complexity index is 1590. The lowest BCUT2D eigenvalue weighted by molar-refractivity contribution is -0.140. The van der Waals surface area contributed by atoms with Crippen LogP contribution in [0, 0.1) is 0 Å². The van der Waals surface area contributed by atoms with Gasteiger partial charge in [0.25, 0.3) is 5.91 Å². The van der Waals surface area contributed by atoms with Crippen molar-refractivity contribution in [3.8, 4) is 21.8 Å². The summed E-state index contributed by atoms with van der Waals surface area (Å²) < 4.78 is 31.3. The van der Waals surface area contributed by atoms with E-state index in [9.17, 15) is 28.3 Å². The van der Waals surface area contributed by atoms with Crippen molar-refractivity contribution in [3.63, 3.8) is 0 Å². The molecular formula is C28H27N3O7S2. The van der Waals surface area contributed by atoms with Gasteiger partial charge in [-0.3, -0.25) is 14.8 Å². The van der Waals surface area contributed by atoms with Crippen LogP contribution in [0.4, 0.5) is 0 Å². The number of aliphatic hydroxyl groups excluding tert-OH is 1. The fourth-order valence-electron chi connectivity index (χ4n) is 4.94. The van der Waals surface area contributed by atoms with Crippen LogP contribution in [0.1, 0.15) is 29.4 Å². The van der Waals surface area contributed by atoms with E-state index in [1.807, 2.05) is 24.3 Å². The average molecular weight is 582 g/mol. The van der Waals surface area contributed by atoms with Gasteiger partial charge in [-0.2, -0.15) is 0 Å². The third-order valence-corrected chi connectivity index (χ3v) is 11.1. The molecule has 1 unspecified atom stereocenters. The van der Waals surface area contributed by atoms with Crippen molar-refractivity contribution in [1.82, 2.24) is 15.4 Å². The van der Waals surface area contributed by atoms with Gasteiger partial charge in [-0.1, -0.05) is 54.6 Å². The van der Waals surface area contributed by atoms with Crippen LogP contribution in [-0.4, -0.2) is 59.3 Å². The van der Waals surface area contributed by atoms with Gasteiger partial charge in [0.15, 0.2) is 28.1 Å². The molecule has 4 aromatic rings. The predicted octanol–water partition coefficient (Wildman–Crippen LogP) is 3.54. The molecule has 2 atom stereocenters. The van der Waals surface area contributed by atoms with Gasteiger partial charge in [-0.05, 0) is 29.7 Å². The van der Waals surface area contributed by atoms with Crippen molar-refractivity contribution in [2.24, 2.45) is 0 Å². The Morgan fingerprint density at radius 2 is 1.77 bits per heavy atom. The molecule has 5 rings (SSSR count). The Kier molecular flexibility index (Phi) is 7.86. The van der Waals surface area contributed by atoms with E-state index in [2.05, 4.69) is 4.98 Å². The average Bonchev–Trinajstić information content (AvgIpc) is 3.67. The molecule has 0 radical (unpaired) electrons. The number of aromatic nitrogens is 1. The standard InChI is InChI=1S/C28H27N3O7S2/c32-25(30-35)16-28(24-11-10-23(39-24)20-8-6-19(7-9-20)22-17-29-18-38-22)12-13-31(14-15-40(28,36)37)27(34)26(33)21-4-2-1-3-5-21/h1-11,17-18,26,33,35H,12-16H2,(H,30,32)/t26-,28?/m0/s1. The largest absolute Gasteiger partial charge is 0.444 e. The van der Waals surface area contributed by atoms with Gasteiger partial charge in [-0.15, -0.1) is 11.3 Å². The second-order valence-electron chi connectivity index (χ2n) is 9.52. The molecule has 3 heterocycles. The summed E-state index contributed by atoms with van der Waals surface area (Å²) in [6.07, 6.45) is 0.921. The lowest BCUT2D eigenvalue weighted by Gasteiger charge is -2.30. The minimum atomic E-state index is -4.00. The molecule has 1 fully saturated rings. The highest BCUT2D eigenvalue weighted by Crippen LogP contribution is 2.45. The van der Waals surface area contributed by atoms with Crippen LogP contribution in [0.25, 0.3) is 21.8 Å². The zero-order chi connectivity index (χ0) is 28.3. The summed E-state index contributed by atoms with van der Waals surface area (Å²) in [4.78, 5) is 32.1. The van der Waals surface area contributed by atoms with E-state index in [4.69, 9.17) is 4.42 Å². The Morgan fingerprint density at radius 3 is 2.45 bits per heavy atom. The van der Waals surface area contributed by atoms with E-state index in [1.165, 1.54) is 22.6 Å². The van der Waals surface area contributed by atoms with Gasteiger partial charge in [-0.25, -0.2) is 18.9 Å². The molecular weight excluding hydrogens is 554 g/mol. The van der Waals surface area contributed by atoms with Crippen molar-refractivity contribution in [2.45, 2.75) is 23.7 Å². The number of benzene rings is 2. The summed E-state index contributed by atoms with van der Waals surface area (Å²) in [5.41, 5.74) is 3.65. The van der Waals surface area contributed by atoms with Crippen LogP contribution in [-0.2, 0) is 24.2 Å². The number of hydroxylamine groups is 1. The molecule has 40 heavy (non-hydrogen) atoms.